The van der Waals surface area contributed by atoms with Gasteiger partial charge in [0.2, 0.25) is 5.91 Å². The van der Waals surface area contributed by atoms with Crippen molar-refractivity contribution in [2.75, 3.05) is 19.7 Å². The highest BCUT2D eigenvalue weighted by atomic mass is 16.3. The first kappa shape index (κ1) is 14.8. The van der Waals surface area contributed by atoms with Crippen LogP contribution >= 0.6 is 0 Å². The Balaban J connectivity index is 2.06. The second-order valence-corrected chi connectivity index (χ2v) is 6.10. The molecule has 0 aromatic heterocycles. The minimum Gasteiger partial charge on any atom is -0.394 e. The smallest absolute Gasteiger partial charge is 0.226 e. The molecule has 2 aliphatic rings. The second kappa shape index (κ2) is 7.25. The normalized spacial score (nSPS) is 32.9. The number of nitrogens with two attached hydrogens (primary N) is 1. The van der Waals surface area contributed by atoms with Crippen LogP contribution in [-0.4, -0.2) is 41.7 Å². The van der Waals surface area contributed by atoms with Crippen LogP contribution in [0.2, 0.25) is 0 Å². The number of amides is 1. The number of nitrogens with zero attached hydrogens (tertiary/aromatic N) is 1. The van der Waals surface area contributed by atoms with Crippen molar-refractivity contribution in [1.82, 2.24) is 4.90 Å². The van der Waals surface area contributed by atoms with Crippen molar-refractivity contribution >= 4 is 5.91 Å². The predicted octanol–water partition coefficient (Wildman–Crippen LogP) is 1.51. The average molecular weight is 268 g/mol. The largest absolute Gasteiger partial charge is 0.394 e. The van der Waals surface area contributed by atoms with Crippen molar-refractivity contribution in [2.24, 2.45) is 17.6 Å². The van der Waals surface area contributed by atoms with Crippen LogP contribution in [-0.2, 0) is 4.79 Å². The standard InChI is InChI=1S/C15H28N2O2/c16-10-12-6-3-4-8-14(12)15(19)17-9-5-1-2-7-13(17)11-18/h12-14,18H,1-11,16H2. The minimum absolute atomic E-state index is 0.0374. The highest BCUT2D eigenvalue weighted by Crippen LogP contribution is 2.32. The number of rotatable bonds is 3. The Morgan fingerprint density at radius 2 is 1.84 bits per heavy atom. The van der Waals surface area contributed by atoms with Gasteiger partial charge in [0.25, 0.3) is 0 Å². The molecule has 110 valence electrons. The third-order valence-electron chi connectivity index (χ3n) is 4.90. The van der Waals surface area contributed by atoms with Crippen molar-refractivity contribution < 1.29 is 9.90 Å². The molecule has 0 aromatic rings. The maximum atomic E-state index is 12.8. The topological polar surface area (TPSA) is 66.6 Å². The fourth-order valence-electron chi connectivity index (χ4n) is 3.69. The van der Waals surface area contributed by atoms with Crippen LogP contribution in [0.3, 0.4) is 0 Å². The van der Waals surface area contributed by atoms with Gasteiger partial charge in [-0.05, 0) is 38.1 Å². The first-order chi connectivity index (χ1) is 9.27. The minimum atomic E-state index is 0.0374. The van der Waals surface area contributed by atoms with E-state index in [1.807, 2.05) is 4.90 Å². The van der Waals surface area contributed by atoms with Crippen LogP contribution < -0.4 is 5.73 Å². The number of hydrogen-bond donors (Lipinski definition) is 2. The van der Waals surface area contributed by atoms with Gasteiger partial charge in [0.05, 0.1) is 12.6 Å². The van der Waals surface area contributed by atoms with Crippen LogP contribution in [0, 0.1) is 11.8 Å². The highest BCUT2D eigenvalue weighted by molar-refractivity contribution is 5.79. The van der Waals surface area contributed by atoms with Gasteiger partial charge in [-0.15, -0.1) is 0 Å². The SMILES string of the molecule is NCC1CCCCC1C(=O)N1CCCCCC1CO. The van der Waals surface area contributed by atoms with E-state index in [1.165, 1.54) is 12.8 Å². The van der Waals surface area contributed by atoms with E-state index in [-0.39, 0.29) is 24.5 Å². The fraction of sp³-hybridized carbons (Fsp3) is 0.933. The first-order valence-corrected chi connectivity index (χ1v) is 7.89. The quantitative estimate of drug-likeness (QED) is 0.815. The zero-order valence-corrected chi connectivity index (χ0v) is 11.9. The molecule has 0 radical (unpaired) electrons. The van der Waals surface area contributed by atoms with Gasteiger partial charge in [-0.2, -0.15) is 0 Å². The van der Waals surface area contributed by atoms with Crippen LogP contribution in [0.25, 0.3) is 0 Å². The third kappa shape index (κ3) is 3.48. The molecule has 4 nitrogen and oxygen atoms in total. The molecule has 3 unspecified atom stereocenters. The number of hydrogen-bond acceptors (Lipinski definition) is 3. The molecular formula is C15H28N2O2. The number of aliphatic hydroxyl groups is 1. The van der Waals surface area contributed by atoms with Crippen LogP contribution in [0.5, 0.6) is 0 Å². The van der Waals surface area contributed by atoms with E-state index in [2.05, 4.69) is 0 Å². The van der Waals surface area contributed by atoms with Crippen LogP contribution in [0.15, 0.2) is 0 Å². The number of aliphatic hydroxyl groups excluding tert-OH is 1. The molecule has 1 amide bonds. The summed E-state index contributed by atoms with van der Waals surface area (Å²) < 4.78 is 0. The highest BCUT2D eigenvalue weighted by Gasteiger charge is 2.35. The van der Waals surface area contributed by atoms with E-state index in [4.69, 9.17) is 5.73 Å². The third-order valence-corrected chi connectivity index (χ3v) is 4.90. The average Bonchev–Trinajstić information content (AvgIpc) is 2.71. The molecule has 1 aliphatic heterocycles. The van der Waals surface area contributed by atoms with Gasteiger partial charge in [0.1, 0.15) is 0 Å². The monoisotopic (exact) mass is 268 g/mol. The maximum Gasteiger partial charge on any atom is 0.226 e. The van der Waals surface area contributed by atoms with Crippen LogP contribution in [0.1, 0.15) is 51.4 Å². The zero-order chi connectivity index (χ0) is 13.7. The molecule has 3 atom stereocenters. The molecule has 0 spiro atoms. The Hall–Kier alpha value is -0.610. The van der Waals surface area contributed by atoms with Crippen molar-refractivity contribution in [2.45, 2.75) is 57.4 Å². The summed E-state index contributed by atoms with van der Waals surface area (Å²) in [6, 6.07) is 0.0374. The molecule has 1 saturated heterocycles. The molecule has 2 rings (SSSR count). The van der Waals surface area contributed by atoms with E-state index in [9.17, 15) is 9.90 Å². The van der Waals surface area contributed by atoms with E-state index in [0.29, 0.717) is 12.5 Å². The van der Waals surface area contributed by atoms with Gasteiger partial charge >= 0.3 is 0 Å². The summed E-state index contributed by atoms with van der Waals surface area (Å²) in [6.07, 6.45) is 8.73. The van der Waals surface area contributed by atoms with Crippen molar-refractivity contribution in [1.29, 1.82) is 0 Å². The van der Waals surface area contributed by atoms with Crippen molar-refractivity contribution in [3.8, 4) is 0 Å². The van der Waals surface area contributed by atoms with E-state index in [0.717, 1.165) is 45.1 Å². The molecule has 1 heterocycles. The Morgan fingerprint density at radius 1 is 1.11 bits per heavy atom. The molecule has 1 saturated carbocycles. The summed E-state index contributed by atoms with van der Waals surface area (Å²) in [5.74, 6) is 0.714. The lowest BCUT2D eigenvalue weighted by atomic mass is 9.78. The molecule has 4 heteroatoms. The molecule has 0 aromatic carbocycles. The van der Waals surface area contributed by atoms with Gasteiger partial charge < -0.3 is 15.7 Å². The molecular weight excluding hydrogens is 240 g/mol. The first-order valence-electron chi connectivity index (χ1n) is 7.89. The molecule has 0 bridgehead atoms. The van der Waals surface area contributed by atoms with E-state index < -0.39 is 0 Å². The zero-order valence-electron chi connectivity index (χ0n) is 11.9. The van der Waals surface area contributed by atoms with Crippen molar-refractivity contribution in [3.05, 3.63) is 0 Å². The summed E-state index contributed by atoms with van der Waals surface area (Å²) in [5.41, 5.74) is 5.84. The lowest BCUT2D eigenvalue weighted by Gasteiger charge is -2.37. The fourth-order valence-corrected chi connectivity index (χ4v) is 3.69. The Labute approximate surface area is 116 Å². The molecule has 3 N–H and O–H groups in total. The lowest BCUT2D eigenvalue weighted by Crippen LogP contribution is -2.48. The molecule has 2 fully saturated rings. The van der Waals surface area contributed by atoms with Crippen molar-refractivity contribution in [3.63, 3.8) is 0 Å². The summed E-state index contributed by atoms with van der Waals surface area (Å²) in [7, 11) is 0. The predicted molar refractivity (Wildman–Crippen MR) is 75.6 cm³/mol. The van der Waals surface area contributed by atoms with Crippen LogP contribution in [0.4, 0.5) is 0 Å². The summed E-state index contributed by atoms with van der Waals surface area (Å²) >= 11 is 0. The maximum absolute atomic E-state index is 12.8. The Morgan fingerprint density at radius 3 is 2.58 bits per heavy atom. The summed E-state index contributed by atoms with van der Waals surface area (Å²) in [5, 5.41) is 9.54. The number of carbonyl (C=O) groups excluding carboxylic acids is 1. The summed E-state index contributed by atoms with van der Waals surface area (Å²) in [6.45, 7) is 1.54. The molecule has 1 aliphatic carbocycles. The number of likely N-dealkylation sites (tertiary alicyclic amines) is 1. The van der Waals surface area contributed by atoms with Gasteiger partial charge in [0.15, 0.2) is 0 Å². The summed E-state index contributed by atoms with van der Waals surface area (Å²) in [4.78, 5) is 14.8. The van der Waals surface area contributed by atoms with Gasteiger partial charge in [-0.25, -0.2) is 0 Å². The van der Waals surface area contributed by atoms with E-state index in [1.54, 1.807) is 0 Å². The van der Waals surface area contributed by atoms with Gasteiger partial charge in [-0.1, -0.05) is 25.7 Å². The lowest BCUT2D eigenvalue weighted by molar-refractivity contribution is -0.141. The van der Waals surface area contributed by atoms with E-state index >= 15 is 0 Å². The van der Waals surface area contributed by atoms with Gasteiger partial charge in [-0.3, -0.25) is 4.79 Å². The Kier molecular flexibility index (Phi) is 5.64. The number of carbonyl (C=O) groups is 1. The molecule has 19 heavy (non-hydrogen) atoms. The second-order valence-electron chi connectivity index (χ2n) is 6.10. The van der Waals surface area contributed by atoms with Gasteiger partial charge in [0, 0.05) is 12.5 Å². The Bertz CT molecular complexity index is 296.